The predicted octanol–water partition coefficient (Wildman–Crippen LogP) is 1.95. The van der Waals surface area contributed by atoms with Crippen molar-refractivity contribution in [2.24, 2.45) is 0 Å². The van der Waals surface area contributed by atoms with Gasteiger partial charge in [0, 0.05) is 0 Å². The molecule has 1 heterocycles. The number of halogens is 1. The lowest BCUT2D eigenvalue weighted by Crippen LogP contribution is -2.02. The van der Waals surface area contributed by atoms with Crippen LogP contribution in [0, 0.1) is 5.82 Å². The number of epoxide rings is 1. The van der Waals surface area contributed by atoms with Gasteiger partial charge in [0.05, 0.1) is 0 Å². The molecule has 0 bridgehead atoms. The Morgan fingerprint density at radius 3 is 2.67 bits per heavy atom. The van der Waals surface area contributed by atoms with Gasteiger partial charge >= 0.3 is 0 Å². The second-order valence-corrected chi connectivity index (χ2v) is 2.76. The highest BCUT2D eigenvalue weighted by molar-refractivity contribution is 5.24. The highest BCUT2D eigenvalue weighted by Crippen LogP contribution is 2.26. The van der Waals surface area contributed by atoms with Crippen molar-refractivity contribution >= 4 is 0 Å². The third-order valence-electron chi connectivity index (χ3n) is 1.74. The van der Waals surface area contributed by atoms with Crippen LogP contribution >= 0.6 is 0 Å². The molecule has 1 aromatic rings. The molecule has 1 aliphatic heterocycles. The van der Waals surface area contributed by atoms with E-state index in [1.165, 1.54) is 6.07 Å². The van der Waals surface area contributed by atoms with E-state index in [9.17, 15) is 4.39 Å². The zero-order valence-electron chi connectivity index (χ0n) is 6.66. The smallest absolute Gasteiger partial charge is 0.226 e. The van der Waals surface area contributed by atoms with Gasteiger partial charge in [0.15, 0.2) is 11.6 Å². The second kappa shape index (κ2) is 2.75. The lowest BCUT2D eigenvalue weighted by atomic mass is 10.3. The molecular weight excluding hydrogens is 159 g/mol. The fourth-order valence-corrected chi connectivity index (χ4v) is 0.955. The summed E-state index contributed by atoms with van der Waals surface area (Å²) >= 11 is 0. The van der Waals surface area contributed by atoms with Crippen LogP contribution in [0.2, 0.25) is 0 Å². The van der Waals surface area contributed by atoms with E-state index in [-0.39, 0.29) is 24.0 Å². The minimum Gasteiger partial charge on any atom is -0.459 e. The average Bonchev–Trinajstić information content (AvgIpc) is 2.72. The first kappa shape index (κ1) is 7.55. The Bertz CT molecular complexity index is 288. The van der Waals surface area contributed by atoms with Gasteiger partial charge in [0.2, 0.25) is 6.29 Å². The van der Waals surface area contributed by atoms with Gasteiger partial charge in [0.1, 0.15) is 6.10 Å². The van der Waals surface area contributed by atoms with E-state index < -0.39 is 0 Å². The van der Waals surface area contributed by atoms with Gasteiger partial charge in [-0.3, -0.25) is 0 Å². The molecule has 2 atom stereocenters. The van der Waals surface area contributed by atoms with E-state index in [0.717, 1.165) is 0 Å². The molecule has 0 aromatic heterocycles. The Balaban J connectivity index is 2.08. The van der Waals surface area contributed by atoms with E-state index in [0.29, 0.717) is 0 Å². The van der Waals surface area contributed by atoms with E-state index in [1.807, 2.05) is 6.92 Å². The molecular formula is C9H9FO2. The van der Waals surface area contributed by atoms with Crippen molar-refractivity contribution in [2.45, 2.75) is 19.3 Å². The van der Waals surface area contributed by atoms with Gasteiger partial charge in [0.25, 0.3) is 0 Å². The number of ether oxygens (including phenoxy) is 2. The molecule has 0 spiro atoms. The molecule has 0 saturated carbocycles. The minimum absolute atomic E-state index is 0.0876. The van der Waals surface area contributed by atoms with Gasteiger partial charge in [-0.1, -0.05) is 12.1 Å². The molecule has 1 aromatic carbocycles. The highest BCUT2D eigenvalue weighted by Gasteiger charge is 2.37. The van der Waals surface area contributed by atoms with Crippen molar-refractivity contribution in [2.75, 3.05) is 0 Å². The average molecular weight is 168 g/mol. The summed E-state index contributed by atoms with van der Waals surface area (Å²) in [5.74, 6) is -0.0907. The largest absolute Gasteiger partial charge is 0.459 e. The third-order valence-corrected chi connectivity index (χ3v) is 1.74. The summed E-state index contributed by atoms with van der Waals surface area (Å²) in [6, 6.07) is 6.30. The zero-order chi connectivity index (χ0) is 8.55. The van der Waals surface area contributed by atoms with E-state index in [1.54, 1.807) is 18.2 Å². The Kier molecular flexibility index (Phi) is 1.73. The fourth-order valence-electron chi connectivity index (χ4n) is 0.955. The van der Waals surface area contributed by atoms with Crippen LogP contribution in [0.25, 0.3) is 0 Å². The van der Waals surface area contributed by atoms with Crippen LogP contribution in [0.3, 0.4) is 0 Å². The van der Waals surface area contributed by atoms with Gasteiger partial charge < -0.3 is 9.47 Å². The van der Waals surface area contributed by atoms with Crippen LogP contribution in [0.1, 0.15) is 6.92 Å². The Labute approximate surface area is 69.9 Å². The van der Waals surface area contributed by atoms with Crippen LogP contribution in [0.4, 0.5) is 4.39 Å². The first-order valence-electron chi connectivity index (χ1n) is 3.84. The molecule has 2 nitrogen and oxygen atoms in total. The topological polar surface area (TPSA) is 21.8 Å². The summed E-state index contributed by atoms with van der Waals surface area (Å²) in [5.41, 5.74) is 0. The quantitative estimate of drug-likeness (QED) is 0.629. The Morgan fingerprint density at radius 1 is 1.42 bits per heavy atom. The maximum absolute atomic E-state index is 12.9. The normalized spacial score (nSPS) is 26.8. The molecule has 0 aliphatic carbocycles. The van der Waals surface area contributed by atoms with Crippen molar-refractivity contribution in [3.05, 3.63) is 30.1 Å². The lowest BCUT2D eigenvalue weighted by molar-refractivity contribution is 0.172. The van der Waals surface area contributed by atoms with Gasteiger partial charge in [-0.15, -0.1) is 0 Å². The Morgan fingerprint density at radius 2 is 2.08 bits per heavy atom. The molecule has 1 aliphatic rings. The first-order chi connectivity index (χ1) is 5.77. The summed E-state index contributed by atoms with van der Waals surface area (Å²) in [5, 5.41) is 0. The van der Waals surface area contributed by atoms with E-state index >= 15 is 0 Å². The third kappa shape index (κ3) is 1.41. The van der Waals surface area contributed by atoms with E-state index in [2.05, 4.69) is 0 Å². The summed E-state index contributed by atoms with van der Waals surface area (Å²) in [6.45, 7) is 1.88. The first-order valence-corrected chi connectivity index (χ1v) is 3.84. The maximum Gasteiger partial charge on any atom is 0.226 e. The zero-order valence-corrected chi connectivity index (χ0v) is 6.66. The van der Waals surface area contributed by atoms with Crippen molar-refractivity contribution < 1.29 is 13.9 Å². The molecule has 0 amide bonds. The number of benzene rings is 1. The lowest BCUT2D eigenvalue weighted by Gasteiger charge is -2.01. The molecule has 1 fully saturated rings. The van der Waals surface area contributed by atoms with Crippen LogP contribution in [0.5, 0.6) is 5.75 Å². The number of hydrogen-bond acceptors (Lipinski definition) is 2. The molecule has 0 N–H and O–H groups in total. The summed E-state index contributed by atoms with van der Waals surface area (Å²) in [6.07, 6.45) is -0.175. The molecule has 2 unspecified atom stereocenters. The predicted molar refractivity (Wildman–Crippen MR) is 41.4 cm³/mol. The summed E-state index contributed by atoms with van der Waals surface area (Å²) < 4.78 is 23.1. The van der Waals surface area contributed by atoms with Crippen LogP contribution in [-0.2, 0) is 4.74 Å². The van der Waals surface area contributed by atoms with Crippen LogP contribution < -0.4 is 4.74 Å². The number of rotatable bonds is 2. The van der Waals surface area contributed by atoms with Crippen molar-refractivity contribution in [3.8, 4) is 5.75 Å². The summed E-state index contributed by atoms with van der Waals surface area (Å²) in [7, 11) is 0. The molecule has 12 heavy (non-hydrogen) atoms. The molecule has 64 valence electrons. The summed E-state index contributed by atoms with van der Waals surface area (Å²) in [4.78, 5) is 0. The molecule has 3 heteroatoms. The highest BCUT2D eigenvalue weighted by atomic mass is 19.1. The van der Waals surface area contributed by atoms with Gasteiger partial charge in [-0.05, 0) is 19.1 Å². The number of para-hydroxylation sites is 1. The van der Waals surface area contributed by atoms with Gasteiger partial charge in [-0.2, -0.15) is 0 Å². The monoisotopic (exact) mass is 168 g/mol. The maximum atomic E-state index is 12.9. The van der Waals surface area contributed by atoms with Crippen molar-refractivity contribution in [1.29, 1.82) is 0 Å². The molecule has 1 saturated heterocycles. The molecule has 2 rings (SSSR count). The van der Waals surface area contributed by atoms with E-state index in [4.69, 9.17) is 9.47 Å². The minimum atomic E-state index is -0.347. The van der Waals surface area contributed by atoms with Crippen LogP contribution in [0.15, 0.2) is 24.3 Å². The standard InChI is InChI=1S/C9H9FO2/c1-6-9(11-6)12-8-5-3-2-4-7(8)10/h2-6,9H,1H3. The van der Waals surface area contributed by atoms with Gasteiger partial charge in [-0.25, -0.2) is 4.39 Å². The molecule has 0 radical (unpaired) electrons. The van der Waals surface area contributed by atoms with Crippen molar-refractivity contribution in [3.63, 3.8) is 0 Å². The van der Waals surface area contributed by atoms with Crippen LogP contribution in [-0.4, -0.2) is 12.4 Å². The van der Waals surface area contributed by atoms with Crippen molar-refractivity contribution in [1.82, 2.24) is 0 Å². The second-order valence-electron chi connectivity index (χ2n) is 2.76. The Hall–Kier alpha value is -1.09. The fraction of sp³-hybridized carbons (Fsp3) is 0.333. The number of hydrogen-bond donors (Lipinski definition) is 0. The SMILES string of the molecule is CC1OC1Oc1ccccc1F.